The lowest BCUT2D eigenvalue weighted by Gasteiger charge is -2.24. The summed E-state index contributed by atoms with van der Waals surface area (Å²) in [6.45, 7) is 6.66. The van der Waals surface area contributed by atoms with Crippen molar-refractivity contribution >= 4 is 17.5 Å². The van der Waals surface area contributed by atoms with E-state index in [0.717, 1.165) is 23.3 Å². The van der Waals surface area contributed by atoms with Crippen LogP contribution in [0.3, 0.4) is 0 Å². The Bertz CT molecular complexity index is 1130. The molecule has 0 aromatic heterocycles. The second kappa shape index (κ2) is 12.1. The number of hydrogen-bond acceptors (Lipinski definition) is 4. The fourth-order valence-corrected chi connectivity index (χ4v) is 4.19. The summed E-state index contributed by atoms with van der Waals surface area (Å²) in [6.07, 6.45) is 0.762. The smallest absolute Gasteiger partial charge is 0.260 e. The zero-order chi connectivity index (χ0) is 24.6. The molecule has 1 aliphatic heterocycles. The van der Waals surface area contributed by atoms with Crippen LogP contribution in [-0.4, -0.2) is 43.8 Å². The van der Waals surface area contributed by atoms with Crippen LogP contribution in [0.2, 0.25) is 5.02 Å². The van der Waals surface area contributed by atoms with Crippen molar-refractivity contribution in [1.82, 2.24) is 4.90 Å². The maximum atomic E-state index is 13.0. The van der Waals surface area contributed by atoms with Gasteiger partial charge in [-0.1, -0.05) is 61.8 Å². The molecule has 35 heavy (non-hydrogen) atoms. The van der Waals surface area contributed by atoms with Crippen LogP contribution in [0, 0.1) is 0 Å². The third kappa shape index (κ3) is 7.23. The number of carbonyl (C=O) groups excluding carboxylic acids is 1. The van der Waals surface area contributed by atoms with E-state index in [4.69, 9.17) is 25.8 Å². The van der Waals surface area contributed by atoms with Crippen molar-refractivity contribution in [2.24, 2.45) is 0 Å². The van der Waals surface area contributed by atoms with Crippen molar-refractivity contribution < 1.29 is 19.0 Å². The zero-order valence-corrected chi connectivity index (χ0v) is 21.1. The lowest BCUT2D eigenvalue weighted by molar-refractivity contribution is -0.134. The topological polar surface area (TPSA) is 48.0 Å². The van der Waals surface area contributed by atoms with Gasteiger partial charge >= 0.3 is 0 Å². The molecule has 1 aliphatic rings. The molecule has 3 aromatic rings. The molecule has 0 atom stereocenters. The van der Waals surface area contributed by atoms with Crippen LogP contribution >= 0.6 is 11.6 Å². The Morgan fingerprint density at radius 3 is 2.60 bits per heavy atom. The van der Waals surface area contributed by atoms with Crippen LogP contribution in [0.5, 0.6) is 11.5 Å². The Balaban J connectivity index is 1.52. The lowest BCUT2D eigenvalue weighted by Crippen LogP contribution is -2.37. The third-order valence-corrected chi connectivity index (χ3v) is 6.28. The van der Waals surface area contributed by atoms with Gasteiger partial charge in [-0.25, -0.2) is 0 Å². The molecular formula is C29H32ClNO4. The van der Waals surface area contributed by atoms with Gasteiger partial charge in [-0.2, -0.15) is 0 Å². The molecule has 0 radical (unpaired) electrons. The molecule has 1 amide bonds. The Kier molecular flexibility index (Phi) is 8.67. The van der Waals surface area contributed by atoms with Gasteiger partial charge in [-0.05, 0) is 58.5 Å². The SMILES string of the molecule is CC(C)c1ccc2c(c1)Cc1cccc(c1)CN(C(=O)COc1ccc(Cl)cc1)CCOCCO2. The zero-order valence-electron chi connectivity index (χ0n) is 20.3. The number of benzene rings is 3. The molecule has 5 nitrogen and oxygen atoms in total. The Morgan fingerprint density at radius 1 is 1.00 bits per heavy atom. The minimum Gasteiger partial charge on any atom is -0.491 e. The summed E-state index contributed by atoms with van der Waals surface area (Å²) in [7, 11) is 0. The summed E-state index contributed by atoms with van der Waals surface area (Å²) < 4.78 is 17.6. The number of rotatable bonds is 4. The molecule has 0 saturated heterocycles. The van der Waals surface area contributed by atoms with Crippen LogP contribution in [0.25, 0.3) is 0 Å². The van der Waals surface area contributed by atoms with E-state index >= 15 is 0 Å². The van der Waals surface area contributed by atoms with Gasteiger partial charge in [0.1, 0.15) is 18.1 Å². The largest absolute Gasteiger partial charge is 0.491 e. The Labute approximate surface area is 212 Å². The molecule has 6 heteroatoms. The highest BCUT2D eigenvalue weighted by Crippen LogP contribution is 2.27. The molecule has 0 aliphatic carbocycles. The first-order valence-electron chi connectivity index (χ1n) is 12.1. The molecule has 0 spiro atoms. The average molecular weight is 494 g/mol. The van der Waals surface area contributed by atoms with E-state index < -0.39 is 0 Å². The maximum absolute atomic E-state index is 13.0. The monoisotopic (exact) mass is 493 g/mol. The van der Waals surface area contributed by atoms with Crippen molar-refractivity contribution in [2.45, 2.75) is 32.7 Å². The second-order valence-electron chi connectivity index (χ2n) is 9.04. The fourth-order valence-electron chi connectivity index (χ4n) is 4.06. The molecule has 184 valence electrons. The third-order valence-electron chi connectivity index (χ3n) is 6.03. The van der Waals surface area contributed by atoms with Gasteiger partial charge in [0.25, 0.3) is 5.91 Å². The summed E-state index contributed by atoms with van der Waals surface area (Å²) in [5.74, 6) is 1.86. The summed E-state index contributed by atoms with van der Waals surface area (Å²) in [5.41, 5.74) is 4.71. The highest BCUT2D eigenvalue weighted by Gasteiger charge is 2.16. The minimum absolute atomic E-state index is 0.0458. The first-order valence-corrected chi connectivity index (χ1v) is 12.4. The van der Waals surface area contributed by atoms with Gasteiger partial charge in [0.15, 0.2) is 6.61 Å². The van der Waals surface area contributed by atoms with Crippen LogP contribution in [0.4, 0.5) is 0 Å². The van der Waals surface area contributed by atoms with Crippen LogP contribution < -0.4 is 9.47 Å². The van der Waals surface area contributed by atoms with E-state index in [2.05, 4.69) is 50.2 Å². The number of ether oxygens (including phenoxy) is 3. The Morgan fingerprint density at radius 2 is 1.80 bits per heavy atom. The van der Waals surface area contributed by atoms with Crippen LogP contribution in [0.15, 0.2) is 66.7 Å². The van der Waals surface area contributed by atoms with Gasteiger partial charge in [0.05, 0.1) is 13.2 Å². The predicted molar refractivity (Wildman–Crippen MR) is 138 cm³/mol. The minimum atomic E-state index is -0.0933. The number of carbonyl (C=O) groups is 1. The van der Waals surface area contributed by atoms with Crippen molar-refractivity contribution in [3.8, 4) is 11.5 Å². The van der Waals surface area contributed by atoms with E-state index in [-0.39, 0.29) is 12.5 Å². The van der Waals surface area contributed by atoms with Crippen molar-refractivity contribution in [2.75, 3.05) is 33.0 Å². The first-order chi connectivity index (χ1) is 17.0. The molecular weight excluding hydrogens is 462 g/mol. The maximum Gasteiger partial charge on any atom is 0.260 e. The molecule has 1 heterocycles. The number of halogens is 1. The van der Waals surface area contributed by atoms with E-state index in [0.29, 0.717) is 49.6 Å². The predicted octanol–water partition coefficient (Wildman–Crippen LogP) is 5.87. The number of amides is 1. The van der Waals surface area contributed by atoms with Crippen LogP contribution in [-0.2, 0) is 22.5 Å². The second-order valence-corrected chi connectivity index (χ2v) is 9.47. The highest BCUT2D eigenvalue weighted by molar-refractivity contribution is 6.30. The van der Waals surface area contributed by atoms with Crippen molar-refractivity contribution in [3.05, 3.63) is 94.0 Å². The summed E-state index contributed by atoms with van der Waals surface area (Å²) >= 11 is 5.93. The van der Waals surface area contributed by atoms with E-state index in [9.17, 15) is 4.79 Å². The Hall–Kier alpha value is -3.02. The first kappa shape index (κ1) is 25.1. The van der Waals surface area contributed by atoms with Gasteiger partial charge in [-0.3, -0.25) is 4.79 Å². The standard InChI is InChI=1S/C29H32ClNO4/c1-21(2)24-6-11-28-25(18-24)17-22-4-3-5-23(16-22)19-31(12-13-33-14-15-34-28)29(32)20-35-27-9-7-26(30)8-10-27/h3-11,16,18,21H,12-15,17,19-20H2,1-2H3. The van der Waals surface area contributed by atoms with Crippen LogP contribution in [0.1, 0.15) is 42.0 Å². The van der Waals surface area contributed by atoms with Gasteiger partial charge < -0.3 is 19.1 Å². The normalized spacial score (nSPS) is 14.6. The molecule has 4 rings (SSSR count). The van der Waals surface area contributed by atoms with E-state index in [1.165, 1.54) is 11.1 Å². The lowest BCUT2D eigenvalue weighted by atomic mass is 9.96. The van der Waals surface area contributed by atoms with Gasteiger partial charge in [0.2, 0.25) is 0 Å². The fraction of sp³-hybridized carbons (Fsp3) is 0.345. The average Bonchev–Trinajstić information content (AvgIpc) is 2.85. The molecule has 0 saturated carbocycles. The van der Waals surface area contributed by atoms with Gasteiger partial charge in [0, 0.05) is 24.5 Å². The summed E-state index contributed by atoms with van der Waals surface area (Å²) in [6, 6.07) is 21.8. The molecule has 2 bridgehead atoms. The number of fused-ring (bicyclic) bond motifs is 3. The van der Waals surface area contributed by atoms with E-state index in [1.54, 1.807) is 29.2 Å². The van der Waals surface area contributed by atoms with Crippen molar-refractivity contribution in [3.63, 3.8) is 0 Å². The molecule has 3 aromatic carbocycles. The van der Waals surface area contributed by atoms with Crippen molar-refractivity contribution in [1.29, 1.82) is 0 Å². The summed E-state index contributed by atoms with van der Waals surface area (Å²) in [5, 5.41) is 0.627. The van der Waals surface area contributed by atoms with E-state index in [1.807, 2.05) is 6.07 Å². The highest BCUT2D eigenvalue weighted by atomic mass is 35.5. The quantitative estimate of drug-likeness (QED) is 0.456. The van der Waals surface area contributed by atoms with Gasteiger partial charge in [-0.15, -0.1) is 0 Å². The number of nitrogens with zero attached hydrogens (tertiary/aromatic N) is 1. The molecule has 0 unspecified atom stereocenters. The molecule has 0 fully saturated rings. The number of hydrogen-bond donors (Lipinski definition) is 0. The molecule has 0 N–H and O–H groups in total. The summed E-state index contributed by atoms with van der Waals surface area (Å²) in [4.78, 5) is 14.8.